The fourth-order valence-corrected chi connectivity index (χ4v) is 3.98. The quantitative estimate of drug-likeness (QED) is 0.141. The average Bonchev–Trinajstić information content (AvgIpc) is 2.82. The fourth-order valence-electron chi connectivity index (χ4n) is 3.98. The number of hydrogen-bond acceptors (Lipinski definition) is 16. The lowest BCUT2D eigenvalue weighted by Gasteiger charge is -2.46. The molecule has 0 aromatic carbocycles. The van der Waals surface area contributed by atoms with Gasteiger partial charge in [0, 0.05) is 0 Å². The SMILES string of the molecule is O=C(O)[C@H]1O[C@@H](O[C@H]2[C@H](O)[C@@H](O)[C@H](O[C@H]3[C@H](O)[C@@H](O)C(O)O[C@@H]3C(=O)O)O[C@H]2C(=O)O)[C@H](O)[C@@H](O)[C@@H]1O. The van der Waals surface area contributed by atoms with Gasteiger partial charge < -0.3 is 79.9 Å². The summed E-state index contributed by atoms with van der Waals surface area (Å²) < 4.78 is 24.8. The molecule has 19 nitrogen and oxygen atoms in total. The molecular formula is C18H26O19. The Balaban J connectivity index is 1.81. The Morgan fingerprint density at radius 3 is 1.30 bits per heavy atom. The van der Waals surface area contributed by atoms with E-state index in [1.807, 2.05) is 0 Å². The van der Waals surface area contributed by atoms with E-state index < -0.39 is 110 Å². The topological polar surface area (TPSA) is 320 Å². The summed E-state index contributed by atoms with van der Waals surface area (Å²) in [5.41, 5.74) is 0. The van der Waals surface area contributed by atoms with E-state index in [1.54, 1.807) is 0 Å². The highest BCUT2D eigenvalue weighted by molar-refractivity contribution is 5.74. The minimum atomic E-state index is -2.29. The van der Waals surface area contributed by atoms with Crippen LogP contribution in [0.2, 0.25) is 0 Å². The Morgan fingerprint density at radius 2 is 0.838 bits per heavy atom. The van der Waals surface area contributed by atoms with Gasteiger partial charge in [0.1, 0.15) is 54.9 Å². The molecule has 0 bridgehead atoms. The first kappa shape index (κ1) is 29.4. The van der Waals surface area contributed by atoms with E-state index in [2.05, 4.69) is 4.74 Å². The second-order valence-electron chi connectivity index (χ2n) is 8.45. The van der Waals surface area contributed by atoms with Crippen molar-refractivity contribution in [1.29, 1.82) is 0 Å². The minimum Gasteiger partial charge on any atom is -0.479 e. The number of aliphatic hydroxyl groups is 8. The first-order chi connectivity index (χ1) is 17.2. The number of carboxylic acid groups (broad SMARTS) is 3. The molecule has 11 N–H and O–H groups in total. The van der Waals surface area contributed by atoms with Crippen LogP contribution in [-0.2, 0) is 38.1 Å². The second kappa shape index (κ2) is 11.3. The van der Waals surface area contributed by atoms with Crippen LogP contribution in [0.5, 0.6) is 0 Å². The number of aliphatic carboxylic acids is 3. The third kappa shape index (κ3) is 5.68. The van der Waals surface area contributed by atoms with Crippen molar-refractivity contribution in [3.8, 4) is 0 Å². The van der Waals surface area contributed by atoms with Gasteiger partial charge in [0.2, 0.25) is 0 Å². The molecule has 0 aromatic rings. The van der Waals surface area contributed by atoms with Gasteiger partial charge in [0.05, 0.1) is 0 Å². The van der Waals surface area contributed by atoms with Crippen molar-refractivity contribution >= 4 is 17.9 Å². The molecule has 3 aliphatic rings. The molecule has 3 rings (SSSR count). The molecule has 0 aliphatic carbocycles. The highest BCUT2D eigenvalue weighted by atomic mass is 16.8. The normalized spacial score (nSPS) is 48.8. The monoisotopic (exact) mass is 546 g/mol. The lowest BCUT2D eigenvalue weighted by molar-refractivity contribution is -0.368. The maximum absolute atomic E-state index is 11.8. The largest absolute Gasteiger partial charge is 0.479 e. The number of aliphatic hydroxyl groups excluding tert-OH is 8. The van der Waals surface area contributed by atoms with Crippen LogP contribution in [0.1, 0.15) is 0 Å². The summed E-state index contributed by atoms with van der Waals surface area (Å²) >= 11 is 0. The zero-order valence-electron chi connectivity index (χ0n) is 18.3. The van der Waals surface area contributed by atoms with Gasteiger partial charge in [-0.3, -0.25) is 0 Å². The van der Waals surface area contributed by atoms with Crippen LogP contribution >= 0.6 is 0 Å². The second-order valence-corrected chi connectivity index (χ2v) is 8.45. The number of hydrogen-bond donors (Lipinski definition) is 11. The highest BCUT2D eigenvalue weighted by Crippen LogP contribution is 2.32. The molecule has 3 aliphatic heterocycles. The molecule has 3 fully saturated rings. The number of rotatable bonds is 7. The Morgan fingerprint density at radius 1 is 0.459 bits per heavy atom. The van der Waals surface area contributed by atoms with Crippen LogP contribution in [0.3, 0.4) is 0 Å². The lowest BCUT2D eigenvalue weighted by atomic mass is 9.95. The van der Waals surface area contributed by atoms with Gasteiger partial charge in [0.15, 0.2) is 37.2 Å². The van der Waals surface area contributed by atoms with Crippen LogP contribution in [0.4, 0.5) is 0 Å². The first-order valence-electron chi connectivity index (χ1n) is 10.6. The van der Waals surface area contributed by atoms with Crippen molar-refractivity contribution in [1.82, 2.24) is 0 Å². The zero-order valence-corrected chi connectivity index (χ0v) is 18.3. The Kier molecular flexibility index (Phi) is 9.01. The molecule has 15 atom stereocenters. The van der Waals surface area contributed by atoms with Crippen molar-refractivity contribution in [2.75, 3.05) is 0 Å². The molecule has 0 radical (unpaired) electrons. The predicted molar refractivity (Wildman–Crippen MR) is 103 cm³/mol. The molecule has 212 valence electrons. The van der Waals surface area contributed by atoms with Crippen molar-refractivity contribution in [3.05, 3.63) is 0 Å². The number of carbonyl (C=O) groups is 3. The third-order valence-corrected chi connectivity index (χ3v) is 5.99. The summed E-state index contributed by atoms with van der Waals surface area (Å²) in [5, 5.41) is 108. The van der Waals surface area contributed by atoms with Crippen molar-refractivity contribution in [2.24, 2.45) is 0 Å². The van der Waals surface area contributed by atoms with Gasteiger partial charge in [-0.1, -0.05) is 0 Å². The van der Waals surface area contributed by atoms with E-state index in [-0.39, 0.29) is 0 Å². The van der Waals surface area contributed by atoms with E-state index in [0.29, 0.717) is 0 Å². The summed E-state index contributed by atoms with van der Waals surface area (Å²) in [6.45, 7) is 0. The standard InChI is InChI=1S/C18H26O19/c19-1-2(20)10(13(26)27)36-17(6(1)24)35-9-4(22)7(25)18(37-12(9)15(30)31)34-8-3(21)5(23)16(32)33-11(8)14(28)29/h1-12,16-25,32H,(H,26,27)(H,28,29)(H,30,31)/t1-,2-,3+,4+,5+,6+,7+,8-,9-,10-,11-,12+,16?,17+,18+/m0/s1. The van der Waals surface area contributed by atoms with Crippen LogP contribution in [0.25, 0.3) is 0 Å². The maximum Gasteiger partial charge on any atom is 0.335 e. The van der Waals surface area contributed by atoms with Gasteiger partial charge >= 0.3 is 17.9 Å². The molecule has 19 heteroatoms. The molecule has 3 heterocycles. The molecule has 0 saturated carbocycles. The minimum absolute atomic E-state index is 1.79. The molecule has 0 aromatic heterocycles. The highest BCUT2D eigenvalue weighted by Gasteiger charge is 2.56. The fraction of sp³-hybridized carbons (Fsp3) is 0.833. The molecule has 3 saturated heterocycles. The molecule has 1 unspecified atom stereocenters. The van der Waals surface area contributed by atoms with Crippen molar-refractivity contribution < 1.29 is 94.2 Å². The van der Waals surface area contributed by atoms with Crippen LogP contribution in [0, 0.1) is 0 Å². The van der Waals surface area contributed by atoms with E-state index in [4.69, 9.17) is 24.1 Å². The smallest absolute Gasteiger partial charge is 0.335 e. The zero-order chi connectivity index (χ0) is 27.9. The van der Waals surface area contributed by atoms with Crippen molar-refractivity contribution in [3.63, 3.8) is 0 Å². The summed E-state index contributed by atoms with van der Waals surface area (Å²) in [6, 6.07) is 0. The first-order valence-corrected chi connectivity index (χ1v) is 10.6. The number of ether oxygens (including phenoxy) is 5. The van der Waals surface area contributed by atoms with E-state index in [9.17, 15) is 65.4 Å². The molecule has 0 spiro atoms. The van der Waals surface area contributed by atoms with Crippen LogP contribution in [-0.4, -0.2) is 166 Å². The molecule has 0 amide bonds. The summed E-state index contributed by atoms with van der Waals surface area (Å²) in [7, 11) is 0. The molecule has 37 heavy (non-hydrogen) atoms. The Bertz CT molecular complexity index is 853. The van der Waals surface area contributed by atoms with E-state index >= 15 is 0 Å². The van der Waals surface area contributed by atoms with E-state index in [1.165, 1.54) is 0 Å². The van der Waals surface area contributed by atoms with Gasteiger partial charge in [0.25, 0.3) is 0 Å². The predicted octanol–water partition coefficient (Wildman–Crippen LogP) is -7.30. The third-order valence-electron chi connectivity index (χ3n) is 5.99. The van der Waals surface area contributed by atoms with Gasteiger partial charge in [-0.2, -0.15) is 0 Å². The Hall–Kier alpha value is -2.11. The number of carboxylic acids is 3. The lowest BCUT2D eigenvalue weighted by Crippen LogP contribution is -2.67. The summed E-state index contributed by atoms with van der Waals surface area (Å²) in [4.78, 5) is 34.5. The van der Waals surface area contributed by atoms with Gasteiger partial charge in [-0.05, 0) is 0 Å². The van der Waals surface area contributed by atoms with Gasteiger partial charge in [-0.25, -0.2) is 14.4 Å². The Labute approximate surface area is 205 Å². The van der Waals surface area contributed by atoms with Crippen molar-refractivity contribution in [2.45, 2.75) is 92.1 Å². The summed E-state index contributed by atoms with van der Waals surface area (Å²) in [5.74, 6) is -5.46. The van der Waals surface area contributed by atoms with Gasteiger partial charge in [-0.15, -0.1) is 0 Å². The summed E-state index contributed by atoms with van der Waals surface area (Å²) in [6.07, 6.45) is -32.5. The van der Waals surface area contributed by atoms with E-state index in [0.717, 1.165) is 0 Å². The average molecular weight is 546 g/mol. The van der Waals surface area contributed by atoms with Crippen LogP contribution < -0.4 is 0 Å². The maximum atomic E-state index is 11.8. The van der Waals surface area contributed by atoms with Crippen LogP contribution in [0.15, 0.2) is 0 Å². The molecular weight excluding hydrogens is 520 g/mol.